The second-order valence-electron chi connectivity index (χ2n) is 9.48. The smallest absolute Gasteiger partial charge is 0.319 e. The van der Waals surface area contributed by atoms with Gasteiger partial charge in [-0.15, -0.1) is 18.3 Å². The number of ether oxygens (including phenoxy) is 2. The fourth-order valence-corrected chi connectivity index (χ4v) is 3.96. The Balaban J connectivity index is 0.000000833. The van der Waals surface area contributed by atoms with Gasteiger partial charge in [-0.1, -0.05) is 108 Å². The maximum absolute atomic E-state index is 12.1. The Morgan fingerprint density at radius 1 is 0.941 bits per heavy atom. The highest BCUT2D eigenvalue weighted by atomic mass is 32.2. The second-order valence-corrected chi connectivity index (χ2v) is 10.7. The Morgan fingerprint density at radius 2 is 1.47 bits per heavy atom. The summed E-state index contributed by atoms with van der Waals surface area (Å²) in [5, 5.41) is -0.448. The summed E-state index contributed by atoms with van der Waals surface area (Å²) in [7, 11) is 0. The van der Waals surface area contributed by atoms with Crippen molar-refractivity contribution < 1.29 is 19.1 Å². The number of benzene rings is 1. The van der Waals surface area contributed by atoms with Crippen LogP contribution in [0.4, 0.5) is 0 Å². The lowest BCUT2D eigenvalue weighted by Gasteiger charge is -2.23. The molecule has 0 fully saturated rings. The number of esters is 2. The molecule has 34 heavy (non-hydrogen) atoms. The molecule has 0 amide bonds. The molecular weight excluding hydrogens is 444 g/mol. The van der Waals surface area contributed by atoms with Gasteiger partial charge in [-0.2, -0.15) is 0 Å². The van der Waals surface area contributed by atoms with Gasteiger partial charge in [-0.3, -0.25) is 9.59 Å². The van der Waals surface area contributed by atoms with Crippen molar-refractivity contribution in [2.45, 2.75) is 116 Å². The van der Waals surface area contributed by atoms with E-state index in [4.69, 9.17) is 9.47 Å². The van der Waals surface area contributed by atoms with Gasteiger partial charge >= 0.3 is 11.9 Å². The van der Waals surface area contributed by atoms with Gasteiger partial charge in [0.2, 0.25) is 0 Å². The van der Waals surface area contributed by atoms with Crippen LogP contribution in [0.3, 0.4) is 0 Å². The normalized spacial score (nSPS) is 11.7. The van der Waals surface area contributed by atoms with Crippen LogP contribution in [-0.2, 0) is 25.7 Å². The highest BCUT2D eigenvalue weighted by Crippen LogP contribution is 2.20. The van der Waals surface area contributed by atoms with Crippen molar-refractivity contribution in [3.63, 3.8) is 0 Å². The van der Waals surface area contributed by atoms with Crippen LogP contribution >= 0.6 is 11.8 Å². The average molecular weight is 493 g/mol. The van der Waals surface area contributed by atoms with E-state index < -0.39 is 10.9 Å². The lowest BCUT2D eigenvalue weighted by molar-refractivity contribution is -0.154. The summed E-state index contributed by atoms with van der Waals surface area (Å²) in [5.41, 5.74) is 0.380. The Bertz CT molecular complexity index is 644. The Kier molecular flexibility index (Phi) is 19.5. The standard InChI is InChI=1S/C18H24O4S.C11H24/c1-5-9-15(17(20)22-18(2,3)4)23-13-16(19)21-12-14-10-7-6-8-11-14;1-3-5-7-9-11-10-8-6-4-2/h5-8,10-11,15H,1,9,12-13H2,2-4H3;3-11H2,1-2H3. The lowest BCUT2D eigenvalue weighted by Crippen LogP contribution is -2.30. The van der Waals surface area contributed by atoms with E-state index in [1.54, 1.807) is 6.08 Å². The Hall–Kier alpha value is -1.75. The van der Waals surface area contributed by atoms with Crippen molar-refractivity contribution in [2.75, 3.05) is 5.75 Å². The molecule has 194 valence electrons. The number of hydrogen-bond acceptors (Lipinski definition) is 5. The molecule has 5 heteroatoms. The number of allylic oxidation sites excluding steroid dienone is 1. The first-order chi connectivity index (χ1) is 16.2. The molecule has 4 nitrogen and oxygen atoms in total. The van der Waals surface area contributed by atoms with E-state index in [0.717, 1.165) is 5.56 Å². The molecule has 1 rings (SSSR count). The van der Waals surface area contributed by atoms with Crippen molar-refractivity contribution in [3.05, 3.63) is 48.6 Å². The summed E-state index contributed by atoms with van der Waals surface area (Å²) in [4.78, 5) is 23.9. The van der Waals surface area contributed by atoms with Gasteiger partial charge in [-0.25, -0.2) is 0 Å². The zero-order chi connectivity index (χ0) is 25.7. The first-order valence-corrected chi connectivity index (χ1v) is 13.9. The van der Waals surface area contributed by atoms with Crippen molar-refractivity contribution in [3.8, 4) is 0 Å². The van der Waals surface area contributed by atoms with E-state index in [0.29, 0.717) is 6.42 Å². The van der Waals surface area contributed by atoms with Gasteiger partial charge in [0.25, 0.3) is 0 Å². The minimum atomic E-state index is -0.551. The van der Waals surface area contributed by atoms with Crippen molar-refractivity contribution in [2.24, 2.45) is 0 Å². The second kappa shape index (κ2) is 20.6. The zero-order valence-electron chi connectivity index (χ0n) is 22.3. The summed E-state index contributed by atoms with van der Waals surface area (Å²) < 4.78 is 10.6. The predicted octanol–water partition coefficient (Wildman–Crippen LogP) is 8.29. The van der Waals surface area contributed by atoms with E-state index in [1.807, 2.05) is 51.1 Å². The molecule has 0 aliphatic rings. The molecule has 0 spiro atoms. The number of carbonyl (C=O) groups is 2. The molecule has 1 aromatic carbocycles. The molecule has 0 aliphatic heterocycles. The molecule has 0 N–H and O–H groups in total. The molecule has 0 heterocycles. The van der Waals surface area contributed by atoms with E-state index >= 15 is 0 Å². The van der Waals surface area contributed by atoms with Gasteiger partial charge in [0.05, 0.1) is 5.75 Å². The van der Waals surface area contributed by atoms with Gasteiger partial charge in [0.15, 0.2) is 0 Å². The van der Waals surface area contributed by atoms with Crippen molar-refractivity contribution in [1.82, 2.24) is 0 Å². The number of unbranched alkanes of at least 4 members (excludes halogenated alkanes) is 8. The van der Waals surface area contributed by atoms with Gasteiger partial charge in [-0.05, 0) is 32.8 Å². The molecule has 1 aromatic rings. The maximum Gasteiger partial charge on any atom is 0.319 e. The number of thioether (sulfide) groups is 1. The monoisotopic (exact) mass is 492 g/mol. The number of carbonyl (C=O) groups excluding carboxylic acids is 2. The van der Waals surface area contributed by atoms with Crippen LogP contribution in [0.2, 0.25) is 0 Å². The molecule has 0 saturated heterocycles. The van der Waals surface area contributed by atoms with Crippen LogP contribution in [0.15, 0.2) is 43.0 Å². The average Bonchev–Trinajstić information content (AvgIpc) is 2.80. The zero-order valence-corrected chi connectivity index (χ0v) is 23.1. The summed E-state index contributed by atoms with van der Waals surface area (Å²) in [6.45, 7) is 13.9. The molecule has 1 unspecified atom stereocenters. The Labute approximate surface area is 213 Å². The lowest BCUT2D eigenvalue weighted by atomic mass is 10.1. The van der Waals surface area contributed by atoms with Crippen LogP contribution in [0, 0.1) is 0 Å². The van der Waals surface area contributed by atoms with Gasteiger partial charge in [0.1, 0.15) is 17.5 Å². The molecule has 1 atom stereocenters. The van der Waals surface area contributed by atoms with Crippen LogP contribution in [0.5, 0.6) is 0 Å². The van der Waals surface area contributed by atoms with E-state index in [-0.39, 0.29) is 24.3 Å². The minimum absolute atomic E-state index is 0.102. The summed E-state index contributed by atoms with van der Waals surface area (Å²) in [6.07, 6.45) is 15.0. The molecule has 0 aliphatic carbocycles. The molecule has 0 radical (unpaired) electrons. The molecule has 0 saturated carbocycles. The summed E-state index contributed by atoms with van der Waals surface area (Å²) >= 11 is 1.22. The van der Waals surface area contributed by atoms with Crippen LogP contribution in [0.25, 0.3) is 0 Å². The van der Waals surface area contributed by atoms with Crippen LogP contribution in [-0.4, -0.2) is 28.5 Å². The molecule has 0 bridgehead atoms. The van der Waals surface area contributed by atoms with Gasteiger partial charge in [0, 0.05) is 0 Å². The molecular formula is C29H48O4S. The highest BCUT2D eigenvalue weighted by molar-refractivity contribution is 8.01. The summed E-state index contributed by atoms with van der Waals surface area (Å²) in [6, 6.07) is 9.46. The third-order valence-electron chi connectivity index (χ3n) is 4.90. The van der Waals surface area contributed by atoms with E-state index in [9.17, 15) is 9.59 Å². The first-order valence-electron chi connectivity index (χ1n) is 12.9. The third-order valence-corrected chi connectivity index (χ3v) is 6.09. The largest absolute Gasteiger partial charge is 0.460 e. The SMILES string of the molecule is C=CCC(SCC(=O)OCc1ccccc1)C(=O)OC(C)(C)C.CCCCCCCCCCC. The fourth-order valence-electron chi connectivity index (χ4n) is 3.08. The Morgan fingerprint density at radius 3 is 1.94 bits per heavy atom. The first kappa shape index (κ1) is 32.2. The minimum Gasteiger partial charge on any atom is -0.460 e. The van der Waals surface area contributed by atoms with Gasteiger partial charge < -0.3 is 9.47 Å². The molecule has 0 aromatic heterocycles. The third kappa shape index (κ3) is 19.7. The number of rotatable bonds is 16. The topological polar surface area (TPSA) is 52.6 Å². The van der Waals surface area contributed by atoms with Crippen molar-refractivity contribution in [1.29, 1.82) is 0 Å². The number of hydrogen-bond donors (Lipinski definition) is 0. The predicted molar refractivity (Wildman–Crippen MR) is 146 cm³/mol. The van der Waals surface area contributed by atoms with Crippen LogP contribution in [0.1, 0.15) is 104 Å². The van der Waals surface area contributed by atoms with E-state index in [2.05, 4.69) is 20.4 Å². The van der Waals surface area contributed by atoms with E-state index in [1.165, 1.54) is 69.5 Å². The summed E-state index contributed by atoms with van der Waals surface area (Å²) in [5.74, 6) is -0.584. The highest BCUT2D eigenvalue weighted by Gasteiger charge is 2.25. The quantitative estimate of drug-likeness (QED) is 0.132. The fraction of sp³-hybridized carbons (Fsp3) is 0.655. The van der Waals surface area contributed by atoms with Crippen molar-refractivity contribution >= 4 is 23.7 Å². The maximum atomic E-state index is 12.1. The van der Waals surface area contributed by atoms with Crippen LogP contribution < -0.4 is 0 Å².